The first-order valence-electron chi connectivity index (χ1n) is 10.5. The zero-order valence-electron chi connectivity index (χ0n) is 18.3. The number of nitrogens with zero attached hydrogens (tertiary/aromatic N) is 4. The Hall–Kier alpha value is -3.48. The lowest BCUT2D eigenvalue weighted by atomic mass is 9.99. The molecule has 2 aromatic carbocycles. The molecular weight excluding hydrogens is 390 g/mol. The molecule has 4 rings (SSSR count). The summed E-state index contributed by atoms with van der Waals surface area (Å²) in [6.45, 7) is 2.50. The number of guanidine groups is 1. The van der Waals surface area contributed by atoms with E-state index in [1.165, 1.54) is 16.7 Å². The quantitative estimate of drug-likeness (QED) is 0.491. The zero-order valence-corrected chi connectivity index (χ0v) is 18.3. The maximum absolute atomic E-state index is 5.47. The van der Waals surface area contributed by atoms with Gasteiger partial charge in [0, 0.05) is 32.9 Å². The van der Waals surface area contributed by atoms with Crippen LogP contribution in [0.15, 0.2) is 59.9 Å². The normalized spacial score (nSPS) is 13.6. The first kappa shape index (κ1) is 20.8. The second-order valence-corrected chi connectivity index (χ2v) is 7.50. The summed E-state index contributed by atoms with van der Waals surface area (Å²) in [6.07, 6.45) is 5.83. The van der Waals surface area contributed by atoms with Crippen LogP contribution in [0.4, 0.5) is 0 Å². The molecule has 1 aliphatic heterocycles. The van der Waals surface area contributed by atoms with Crippen molar-refractivity contribution in [3.05, 3.63) is 71.5 Å². The van der Waals surface area contributed by atoms with E-state index in [4.69, 9.17) is 9.47 Å². The van der Waals surface area contributed by atoms with Crippen LogP contribution in [0.1, 0.15) is 16.7 Å². The third kappa shape index (κ3) is 4.66. The molecule has 0 radical (unpaired) electrons. The van der Waals surface area contributed by atoms with Gasteiger partial charge in [-0.15, -0.1) is 0 Å². The molecule has 0 amide bonds. The van der Waals surface area contributed by atoms with Crippen molar-refractivity contribution in [3.8, 4) is 17.2 Å². The molecule has 0 fully saturated rings. The summed E-state index contributed by atoms with van der Waals surface area (Å²) in [7, 11) is 5.18. The van der Waals surface area contributed by atoms with Crippen LogP contribution in [0.5, 0.6) is 11.5 Å². The van der Waals surface area contributed by atoms with E-state index in [1.54, 1.807) is 14.2 Å². The average Bonchev–Trinajstić information content (AvgIpc) is 3.30. The number of fused-ring (bicyclic) bond motifs is 1. The largest absolute Gasteiger partial charge is 0.493 e. The molecule has 1 aromatic heterocycles. The highest BCUT2D eigenvalue weighted by atomic mass is 16.5. The second-order valence-electron chi connectivity index (χ2n) is 7.50. The fourth-order valence-corrected chi connectivity index (χ4v) is 3.93. The van der Waals surface area contributed by atoms with Crippen molar-refractivity contribution in [1.82, 2.24) is 20.0 Å². The topological polar surface area (TPSA) is 63.9 Å². The van der Waals surface area contributed by atoms with Gasteiger partial charge >= 0.3 is 0 Å². The van der Waals surface area contributed by atoms with E-state index >= 15 is 0 Å². The van der Waals surface area contributed by atoms with Crippen molar-refractivity contribution < 1.29 is 9.47 Å². The second kappa shape index (κ2) is 9.55. The van der Waals surface area contributed by atoms with Gasteiger partial charge in [-0.3, -0.25) is 4.99 Å². The third-order valence-electron chi connectivity index (χ3n) is 5.58. The lowest BCUT2D eigenvalue weighted by Crippen LogP contribution is -2.44. The lowest BCUT2D eigenvalue weighted by Gasteiger charge is -2.32. The summed E-state index contributed by atoms with van der Waals surface area (Å²) in [4.78, 5) is 6.78. The first-order valence-corrected chi connectivity index (χ1v) is 10.5. The summed E-state index contributed by atoms with van der Waals surface area (Å²) >= 11 is 0. The molecule has 2 heterocycles. The molecule has 3 aromatic rings. The van der Waals surface area contributed by atoms with Gasteiger partial charge in [-0.2, -0.15) is 5.10 Å². The van der Waals surface area contributed by atoms with E-state index < -0.39 is 0 Å². The van der Waals surface area contributed by atoms with Gasteiger partial charge in [0.2, 0.25) is 0 Å². The maximum Gasteiger partial charge on any atom is 0.193 e. The van der Waals surface area contributed by atoms with Crippen molar-refractivity contribution in [2.75, 3.05) is 34.4 Å². The van der Waals surface area contributed by atoms with Crippen molar-refractivity contribution in [2.24, 2.45) is 4.99 Å². The minimum absolute atomic E-state index is 0.765. The van der Waals surface area contributed by atoms with Crippen molar-refractivity contribution >= 4 is 5.96 Å². The number of aliphatic imine (C=N–C) groups is 1. The Kier molecular flexibility index (Phi) is 6.40. The first-order chi connectivity index (χ1) is 15.2. The Labute approximate surface area is 183 Å². The van der Waals surface area contributed by atoms with E-state index in [0.717, 1.165) is 55.6 Å². The molecule has 1 aliphatic rings. The van der Waals surface area contributed by atoms with E-state index in [1.807, 2.05) is 36.1 Å². The number of ether oxygens (including phenoxy) is 2. The van der Waals surface area contributed by atoms with E-state index in [2.05, 4.69) is 50.8 Å². The predicted molar refractivity (Wildman–Crippen MR) is 122 cm³/mol. The number of nitrogens with one attached hydrogen (secondary N) is 1. The third-order valence-corrected chi connectivity index (χ3v) is 5.58. The Bertz CT molecular complexity index is 1050. The monoisotopic (exact) mass is 419 g/mol. The number of hydrogen-bond acceptors (Lipinski definition) is 4. The standard InChI is InChI=1S/C24H29N5O2/c1-25-24(26-11-9-18-15-27-29(16-18)21-7-5-4-6-8-21)28-12-10-19-13-22(30-2)23(31-3)14-20(19)17-28/h4-8,13-16H,9-12,17H2,1-3H3,(H,25,26). The molecule has 7 heteroatoms. The van der Waals surface area contributed by atoms with Crippen LogP contribution >= 0.6 is 0 Å². The highest BCUT2D eigenvalue weighted by Gasteiger charge is 2.21. The summed E-state index contributed by atoms with van der Waals surface area (Å²) < 4.78 is 12.8. The molecular formula is C24H29N5O2. The number of benzene rings is 2. The predicted octanol–water partition coefficient (Wildman–Crippen LogP) is 3.07. The molecule has 7 nitrogen and oxygen atoms in total. The molecule has 162 valence electrons. The van der Waals surface area contributed by atoms with Gasteiger partial charge in [0.05, 0.1) is 26.1 Å². The summed E-state index contributed by atoms with van der Waals surface area (Å²) in [5.41, 5.74) is 4.80. The van der Waals surface area contributed by atoms with E-state index in [9.17, 15) is 0 Å². The van der Waals surface area contributed by atoms with Gasteiger partial charge in [-0.25, -0.2) is 4.68 Å². The molecule has 0 bridgehead atoms. The molecule has 0 atom stereocenters. The van der Waals surface area contributed by atoms with Gasteiger partial charge in [-0.05, 0) is 53.8 Å². The SMILES string of the molecule is CN=C(NCCc1cnn(-c2ccccc2)c1)N1CCc2cc(OC)c(OC)cc2C1. The van der Waals surface area contributed by atoms with Crippen molar-refractivity contribution in [1.29, 1.82) is 0 Å². The van der Waals surface area contributed by atoms with Crippen LogP contribution in [0, 0.1) is 0 Å². The molecule has 0 spiro atoms. The Morgan fingerprint density at radius 2 is 1.84 bits per heavy atom. The van der Waals surface area contributed by atoms with Gasteiger partial charge in [0.25, 0.3) is 0 Å². The van der Waals surface area contributed by atoms with Crippen LogP contribution in [0.3, 0.4) is 0 Å². The highest BCUT2D eigenvalue weighted by molar-refractivity contribution is 5.80. The molecule has 0 saturated carbocycles. The number of methoxy groups -OCH3 is 2. The van der Waals surface area contributed by atoms with Crippen LogP contribution in [0.2, 0.25) is 0 Å². The smallest absolute Gasteiger partial charge is 0.193 e. The Morgan fingerprint density at radius 1 is 1.10 bits per heavy atom. The average molecular weight is 420 g/mol. The Morgan fingerprint density at radius 3 is 2.55 bits per heavy atom. The zero-order chi connectivity index (χ0) is 21.6. The summed E-state index contributed by atoms with van der Waals surface area (Å²) in [5, 5.41) is 7.98. The van der Waals surface area contributed by atoms with Crippen LogP contribution in [0.25, 0.3) is 5.69 Å². The summed E-state index contributed by atoms with van der Waals surface area (Å²) in [6, 6.07) is 14.3. The number of aromatic nitrogens is 2. The van der Waals surface area contributed by atoms with Gasteiger partial charge in [0.1, 0.15) is 0 Å². The minimum Gasteiger partial charge on any atom is -0.493 e. The van der Waals surface area contributed by atoms with Crippen LogP contribution < -0.4 is 14.8 Å². The fraction of sp³-hybridized carbons (Fsp3) is 0.333. The molecule has 1 N–H and O–H groups in total. The van der Waals surface area contributed by atoms with Gasteiger partial charge in [-0.1, -0.05) is 18.2 Å². The van der Waals surface area contributed by atoms with E-state index in [-0.39, 0.29) is 0 Å². The van der Waals surface area contributed by atoms with Crippen LogP contribution in [-0.4, -0.2) is 55.0 Å². The van der Waals surface area contributed by atoms with Gasteiger partial charge < -0.3 is 19.7 Å². The molecule has 31 heavy (non-hydrogen) atoms. The van der Waals surface area contributed by atoms with Gasteiger partial charge in [0.15, 0.2) is 17.5 Å². The van der Waals surface area contributed by atoms with Crippen LogP contribution in [-0.2, 0) is 19.4 Å². The lowest BCUT2D eigenvalue weighted by molar-refractivity contribution is 0.346. The van der Waals surface area contributed by atoms with Crippen molar-refractivity contribution in [2.45, 2.75) is 19.4 Å². The molecule has 0 unspecified atom stereocenters. The highest BCUT2D eigenvalue weighted by Crippen LogP contribution is 2.33. The maximum atomic E-state index is 5.47. The molecule has 0 saturated heterocycles. The Balaban J connectivity index is 1.36. The number of hydrogen-bond donors (Lipinski definition) is 1. The van der Waals surface area contributed by atoms with E-state index in [0.29, 0.717) is 0 Å². The minimum atomic E-state index is 0.765. The van der Waals surface area contributed by atoms with Crippen molar-refractivity contribution in [3.63, 3.8) is 0 Å². The molecule has 0 aliphatic carbocycles. The number of para-hydroxylation sites is 1. The fourth-order valence-electron chi connectivity index (χ4n) is 3.93. The number of rotatable bonds is 6. The summed E-state index contributed by atoms with van der Waals surface area (Å²) in [5.74, 6) is 2.46.